The Labute approximate surface area is 114 Å². The van der Waals surface area contributed by atoms with E-state index in [4.69, 9.17) is 28.9 Å². The highest BCUT2D eigenvalue weighted by Crippen LogP contribution is 2.34. The second-order valence-corrected chi connectivity index (χ2v) is 5.72. The number of hydrogen-bond acceptors (Lipinski definition) is 3. The van der Waals surface area contributed by atoms with Crippen molar-refractivity contribution in [2.24, 2.45) is 0 Å². The van der Waals surface area contributed by atoms with E-state index in [0.717, 1.165) is 29.1 Å². The zero-order chi connectivity index (χ0) is 12.4. The molecule has 1 aromatic heterocycles. The van der Waals surface area contributed by atoms with Gasteiger partial charge >= 0.3 is 0 Å². The average Bonchev–Trinajstić information content (AvgIpc) is 2.58. The Balaban J connectivity index is 2.44. The molecular formula is C12H12Cl2N2S. The number of nitrogen functional groups attached to an aromatic ring is 1. The zero-order valence-electron chi connectivity index (χ0n) is 9.34. The van der Waals surface area contributed by atoms with Gasteiger partial charge in [0.05, 0.1) is 5.01 Å². The van der Waals surface area contributed by atoms with Crippen molar-refractivity contribution in [1.29, 1.82) is 0 Å². The van der Waals surface area contributed by atoms with Crippen molar-refractivity contribution in [2.45, 2.75) is 19.8 Å². The summed E-state index contributed by atoms with van der Waals surface area (Å²) in [5.41, 5.74) is 7.63. The van der Waals surface area contributed by atoms with E-state index in [1.165, 1.54) is 11.3 Å². The van der Waals surface area contributed by atoms with Crippen molar-refractivity contribution in [3.8, 4) is 11.3 Å². The smallest absolute Gasteiger partial charge is 0.114 e. The summed E-state index contributed by atoms with van der Waals surface area (Å²) in [6.07, 6.45) is 2.01. The number of aromatic nitrogens is 1. The third-order valence-electron chi connectivity index (χ3n) is 2.30. The lowest BCUT2D eigenvalue weighted by molar-refractivity contribution is 0.910. The van der Waals surface area contributed by atoms with Crippen LogP contribution in [0.3, 0.4) is 0 Å². The van der Waals surface area contributed by atoms with Gasteiger partial charge in [-0.25, -0.2) is 4.98 Å². The van der Waals surface area contributed by atoms with Gasteiger partial charge in [-0.2, -0.15) is 0 Å². The third kappa shape index (κ3) is 2.92. The van der Waals surface area contributed by atoms with E-state index < -0.39 is 0 Å². The molecule has 0 aliphatic rings. The second kappa shape index (κ2) is 5.25. The van der Waals surface area contributed by atoms with Crippen LogP contribution in [-0.4, -0.2) is 4.98 Å². The Bertz CT molecular complexity index is 517. The molecule has 5 heteroatoms. The van der Waals surface area contributed by atoms with Crippen LogP contribution in [0.5, 0.6) is 0 Å². The lowest BCUT2D eigenvalue weighted by Crippen LogP contribution is -1.87. The predicted molar refractivity (Wildman–Crippen MR) is 76.0 cm³/mol. The Kier molecular flexibility index (Phi) is 3.92. The maximum absolute atomic E-state index is 5.97. The highest BCUT2D eigenvalue weighted by atomic mass is 35.5. The molecule has 0 saturated carbocycles. The van der Waals surface area contributed by atoms with Crippen molar-refractivity contribution in [2.75, 3.05) is 5.73 Å². The Morgan fingerprint density at radius 2 is 1.88 bits per heavy atom. The molecule has 0 aliphatic heterocycles. The monoisotopic (exact) mass is 286 g/mol. The summed E-state index contributed by atoms with van der Waals surface area (Å²) < 4.78 is 0. The van der Waals surface area contributed by atoms with Crippen molar-refractivity contribution in [3.05, 3.63) is 33.3 Å². The average molecular weight is 287 g/mol. The topological polar surface area (TPSA) is 38.9 Å². The Morgan fingerprint density at radius 1 is 1.24 bits per heavy atom. The van der Waals surface area contributed by atoms with Crippen molar-refractivity contribution in [3.63, 3.8) is 0 Å². The molecule has 0 spiro atoms. The molecule has 2 N–H and O–H groups in total. The Hall–Kier alpha value is -0.770. The fourth-order valence-corrected chi connectivity index (χ4v) is 3.08. The van der Waals surface area contributed by atoms with E-state index in [2.05, 4.69) is 11.9 Å². The van der Waals surface area contributed by atoms with E-state index >= 15 is 0 Å². The SMILES string of the molecule is CCCc1nc(-c2cc(Cl)cc(Cl)c2)c(N)s1. The van der Waals surface area contributed by atoms with Gasteiger partial charge in [-0.3, -0.25) is 0 Å². The largest absolute Gasteiger partial charge is 0.389 e. The molecule has 0 aliphatic carbocycles. The first-order chi connectivity index (χ1) is 8.10. The van der Waals surface area contributed by atoms with Crippen LogP contribution in [0.15, 0.2) is 18.2 Å². The normalized spacial score (nSPS) is 10.8. The standard InChI is InChI=1S/C12H12Cl2N2S/c1-2-3-10-16-11(12(15)17-10)7-4-8(13)6-9(14)5-7/h4-6H,2-3,15H2,1H3. The van der Waals surface area contributed by atoms with Crippen LogP contribution in [0, 0.1) is 0 Å². The number of nitrogens with two attached hydrogens (primary N) is 1. The number of aryl methyl sites for hydroxylation is 1. The van der Waals surface area contributed by atoms with Crippen LogP contribution in [0.25, 0.3) is 11.3 Å². The lowest BCUT2D eigenvalue weighted by Gasteiger charge is -2.00. The molecule has 0 atom stereocenters. The van der Waals surface area contributed by atoms with Gasteiger partial charge in [-0.1, -0.05) is 30.1 Å². The van der Waals surface area contributed by atoms with Gasteiger partial charge in [-0.15, -0.1) is 11.3 Å². The molecule has 1 heterocycles. The van der Waals surface area contributed by atoms with Crippen LogP contribution < -0.4 is 5.73 Å². The quantitative estimate of drug-likeness (QED) is 0.892. The minimum absolute atomic E-state index is 0.594. The molecule has 2 nitrogen and oxygen atoms in total. The number of hydrogen-bond donors (Lipinski definition) is 1. The van der Waals surface area contributed by atoms with Crippen LogP contribution in [0.4, 0.5) is 5.00 Å². The van der Waals surface area contributed by atoms with Gasteiger partial charge in [0.1, 0.15) is 10.7 Å². The number of rotatable bonds is 3. The van der Waals surface area contributed by atoms with Gasteiger partial charge in [0.15, 0.2) is 0 Å². The summed E-state index contributed by atoms with van der Waals surface area (Å²) in [5.74, 6) is 0. The van der Waals surface area contributed by atoms with Crippen molar-refractivity contribution < 1.29 is 0 Å². The minimum Gasteiger partial charge on any atom is -0.389 e. The summed E-state index contributed by atoms with van der Waals surface area (Å²) in [7, 11) is 0. The maximum atomic E-state index is 5.97. The first-order valence-electron chi connectivity index (χ1n) is 5.31. The zero-order valence-corrected chi connectivity index (χ0v) is 11.7. The summed E-state index contributed by atoms with van der Waals surface area (Å²) in [6, 6.07) is 5.35. The Morgan fingerprint density at radius 3 is 2.47 bits per heavy atom. The number of benzene rings is 1. The fraction of sp³-hybridized carbons (Fsp3) is 0.250. The van der Waals surface area contributed by atoms with E-state index in [0.29, 0.717) is 15.0 Å². The van der Waals surface area contributed by atoms with Gasteiger partial charge in [0.25, 0.3) is 0 Å². The summed E-state index contributed by atoms with van der Waals surface area (Å²) >= 11 is 13.5. The molecule has 0 radical (unpaired) electrons. The van der Waals surface area contributed by atoms with Crippen LogP contribution in [0.2, 0.25) is 10.0 Å². The summed E-state index contributed by atoms with van der Waals surface area (Å²) in [5, 5.41) is 2.96. The number of halogens is 2. The molecular weight excluding hydrogens is 275 g/mol. The minimum atomic E-state index is 0.594. The van der Waals surface area contributed by atoms with E-state index in [1.54, 1.807) is 6.07 Å². The van der Waals surface area contributed by atoms with Crippen LogP contribution in [0.1, 0.15) is 18.4 Å². The first kappa shape index (κ1) is 12.7. The van der Waals surface area contributed by atoms with Crippen LogP contribution in [-0.2, 0) is 6.42 Å². The maximum Gasteiger partial charge on any atom is 0.114 e. The summed E-state index contributed by atoms with van der Waals surface area (Å²) in [4.78, 5) is 4.53. The molecule has 1 aromatic carbocycles. The molecule has 90 valence electrons. The van der Waals surface area contributed by atoms with Crippen molar-refractivity contribution >= 4 is 39.5 Å². The van der Waals surface area contributed by atoms with Crippen molar-refractivity contribution in [1.82, 2.24) is 4.98 Å². The molecule has 2 aromatic rings. The predicted octanol–water partition coefficient (Wildman–Crippen LogP) is 4.65. The third-order valence-corrected chi connectivity index (χ3v) is 3.68. The van der Waals surface area contributed by atoms with E-state index in [1.807, 2.05) is 12.1 Å². The number of thiazole rings is 1. The van der Waals surface area contributed by atoms with Crippen LogP contribution >= 0.6 is 34.5 Å². The highest BCUT2D eigenvalue weighted by molar-refractivity contribution is 7.16. The second-order valence-electron chi connectivity index (χ2n) is 3.73. The molecule has 17 heavy (non-hydrogen) atoms. The number of anilines is 1. The molecule has 0 saturated heterocycles. The van der Waals surface area contributed by atoms with E-state index in [-0.39, 0.29) is 0 Å². The molecule has 2 rings (SSSR count). The molecule has 0 amide bonds. The van der Waals surface area contributed by atoms with Gasteiger partial charge in [0.2, 0.25) is 0 Å². The summed E-state index contributed by atoms with van der Waals surface area (Å²) in [6.45, 7) is 2.12. The molecule has 0 bridgehead atoms. The van der Waals surface area contributed by atoms with Gasteiger partial charge in [0, 0.05) is 15.6 Å². The van der Waals surface area contributed by atoms with E-state index in [9.17, 15) is 0 Å². The molecule has 0 fully saturated rings. The first-order valence-corrected chi connectivity index (χ1v) is 6.89. The lowest BCUT2D eigenvalue weighted by atomic mass is 10.1. The van der Waals surface area contributed by atoms with Gasteiger partial charge < -0.3 is 5.73 Å². The molecule has 0 unspecified atom stereocenters. The highest BCUT2D eigenvalue weighted by Gasteiger charge is 2.11. The fourth-order valence-electron chi connectivity index (χ4n) is 1.60. The number of nitrogens with zero attached hydrogens (tertiary/aromatic N) is 1. The van der Waals surface area contributed by atoms with Gasteiger partial charge in [-0.05, 0) is 31.0 Å².